The summed E-state index contributed by atoms with van der Waals surface area (Å²) < 4.78 is 45.0. The normalized spacial score (nSPS) is 11.9. The lowest BCUT2D eigenvalue weighted by atomic mass is 10.1. The average molecular weight is 422 g/mol. The minimum atomic E-state index is -3.05. The molecule has 0 saturated carbocycles. The fourth-order valence-electron chi connectivity index (χ4n) is 2.42. The zero-order valence-corrected chi connectivity index (χ0v) is 16.4. The van der Waals surface area contributed by atoms with Gasteiger partial charge in [0, 0.05) is 5.56 Å². The lowest BCUT2D eigenvalue weighted by Gasteiger charge is -2.14. The minimum absolute atomic E-state index is 0.0239. The van der Waals surface area contributed by atoms with E-state index in [1.165, 1.54) is 69.7 Å². The van der Waals surface area contributed by atoms with E-state index in [0.717, 1.165) is 0 Å². The average Bonchev–Trinajstić information content (AvgIpc) is 2.72. The van der Waals surface area contributed by atoms with Crippen LogP contribution < -0.4 is 18.9 Å². The monoisotopic (exact) mass is 422 g/mol. The fourth-order valence-corrected chi connectivity index (χ4v) is 2.42. The molecule has 9 heteroatoms. The summed E-state index contributed by atoms with van der Waals surface area (Å²) in [6.07, 6.45) is 1.74. The van der Waals surface area contributed by atoms with Crippen molar-refractivity contribution in [3.63, 3.8) is 0 Å². The van der Waals surface area contributed by atoms with Crippen LogP contribution in [0.2, 0.25) is 0 Å². The van der Waals surface area contributed by atoms with Crippen molar-refractivity contribution in [2.45, 2.75) is 19.6 Å². The molecule has 2 rings (SSSR count). The van der Waals surface area contributed by atoms with Crippen LogP contribution in [-0.2, 0) is 4.79 Å². The number of carbonyl (C=O) groups excluding carboxylic acids is 1. The number of ketones is 1. The van der Waals surface area contributed by atoms with E-state index in [9.17, 15) is 18.4 Å². The molecule has 0 bridgehead atoms. The molecule has 1 unspecified atom stereocenters. The summed E-state index contributed by atoms with van der Waals surface area (Å²) in [6.45, 7) is -1.66. The molecule has 0 aliphatic rings. The molecule has 2 aromatic carbocycles. The number of benzene rings is 2. The van der Waals surface area contributed by atoms with Crippen molar-refractivity contribution < 1.29 is 42.4 Å². The highest BCUT2D eigenvalue weighted by Crippen LogP contribution is 2.39. The van der Waals surface area contributed by atoms with E-state index in [-0.39, 0.29) is 23.0 Å². The lowest BCUT2D eigenvalue weighted by molar-refractivity contribution is -0.144. The van der Waals surface area contributed by atoms with Crippen molar-refractivity contribution >= 4 is 17.8 Å². The smallest absolute Gasteiger partial charge is 0.387 e. The Morgan fingerprint density at radius 2 is 1.57 bits per heavy atom. The largest absolute Gasteiger partial charge is 0.493 e. The number of aliphatic carboxylic acids is 1. The summed E-state index contributed by atoms with van der Waals surface area (Å²) in [7, 11) is 2.58. The van der Waals surface area contributed by atoms with Crippen LogP contribution in [0, 0.1) is 0 Å². The highest BCUT2D eigenvalue weighted by molar-refractivity contribution is 6.06. The van der Waals surface area contributed by atoms with Gasteiger partial charge in [-0.1, -0.05) is 6.08 Å². The molecule has 0 aliphatic carbocycles. The zero-order valence-electron chi connectivity index (χ0n) is 16.4. The predicted octanol–water partition coefficient (Wildman–Crippen LogP) is 4.05. The van der Waals surface area contributed by atoms with Crippen LogP contribution in [0.3, 0.4) is 0 Å². The number of hydrogen-bond acceptors (Lipinski definition) is 6. The maximum atomic E-state index is 12.6. The second kappa shape index (κ2) is 10.2. The Balaban J connectivity index is 2.18. The summed E-state index contributed by atoms with van der Waals surface area (Å²) in [4.78, 5) is 23.2. The number of methoxy groups -OCH3 is 2. The van der Waals surface area contributed by atoms with Crippen molar-refractivity contribution in [3.05, 3.63) is 53.6 Å². The number of carboxylic acid groups (broad SMARTS) is 1. The van der Waals surface area contributed by atoms with E-state index >= 15 is 0 Å². The van der Waals surface area contributed by atoms with Gasteiger partial charge in [0.05, 0.1) is 14.2 Å². The Labute approximate surface area is 171 Å². The molecule has 7 nitrogen and oxygen atoms in total. The molecule has 30 heavy (non-hydrogen) atoms. The Morgan fingerprint density at radius 1 is 1.00 bits per heavy atom. The number of ether oxygens (including phenoxy) is 4. The molecule has 160 valence electrons. The van der Waals surface area contributed by atoms with E-state index < -0.39 is 18.7 Å². The van der Waals surface area contributed by atoms with Crippen LogP contribution in [0.1, 0.15) is 22.8 Å². The van der Waals surface area contributed by atoms with Crippen molar-refractivity contribution in [1.29, 1.82) is 0 Å². The van der Waals surface area contributed by atoms with E-state index in [4.69, 9.17) is 19.3 Å². The topological polar surface area (TPSA) is 91.3 Å². The molecule has 0 saturated heterocycles. The molecule has 1 atom stereocenters. The zero-order chi connectivity index (χ0) is 22.3. The van der Waals surface area contributed by atoms with E-state index in [2.05, 4.69) is 4.74 Å². The van der Waals surface area contributed by atoms with Crippen LogP contribution >= 0.6 is 0 Å². The van der Waals surface area contributed by atoms with Gasteiger partial charge in [-0.05, 0) is 55.0 Å². The quantitative estimate of drug-likeness (QED) is 0.456. The summed E-state index contributed by atoms with van der Waals surface area (Å²) in [5.74, 6) is -1.32. The van der Waals surface area contributed by atoms with Crippen molar-refractivity contribution in [2.75, 3.05) is 14.2 Å². The first-order valence-electron chi connectivity index (χ1n) is 8.68. The molecule has 2 aromatic rings. The Morgan fingerprint density at radius 3 is 2.03 bits per heavy atom. The fraction of sp³-hybridized carbons (Fsp3) is 0.238. The third kappa shape index (κ3) is 5.94. The van der Waals surface area contributed by atoms with Crippen LogP contribution in [0.4, 0.5) is 8.78 Å². The molecule has 1 N–H and O–H groups in total. The van der Waals surface area contributed by atoms with Gasteiger partial charge >= 0.3 is 12.6 Å². The standard InChI is InChI=1S/C21H20F2O7/c1-12(20(25)26)29-15-7-5-14(6-8-15)16(24)9-4-13-10-17(27-2)19(30-21(22)23)18(11-13)28-3/h4-12,21H,1-3H3,(H,25,26)/b9-4+. The summed E-state index contributed by atoms with van der Waals surface area (Å²) in [6, 6.07) is 8.82. The molecular weight excluding hydrogens is 402 g/mol. The number of hydrogen-bond donors (Lipinski definition) is 1. The molecule has 0 aliphatic heterocycles. The third-order valence-electron chi connectivity index (χ3n) is 3.92. The van der Waals surface area contributed by atoms with Gasteiger partial charge in [-0.3, -0.25) is 4.79 Å². The van der Waals surface area contributed by atoms with Crippen LogP contribution in [0.15, 0.2) is 42.5 Å². The molecule has 0 fully saturated rings. The molecule has 0 aromatic heterocycles. The van der Waals surface area contributed by atoms with E-state index in [0.29, 0.717) is 16.9 Å². The lowest BCUT2D eigenvalue weighted by Crippen LogP contribution is -2.22. The summed E-state index contributed by atoms with van der Waals surface area (Å²) in [5, 5.41) is 8.85. The van der Waals surface area contributed by atoms with Gasteiger partial charge in [0.15, 0.2) is 23.4 Å². The van der Waals surface area contributed by atoms with Gasteiger partial charge in [-0.15, -0.1) is 0 Å². The van der Waals surface area contributed by atoms with Gasteiger partial charge < -0.3 is 24.1 Å². The SMILES string of the molecule is COc1cc(/C=C/C(=O)c2ccc(OC(C)C(=O)O)cc2)cc(OC)c1OC(F)F. The predicted molar refractivity (Wildman–Crippen MR) is 104 cm³/mol. The van der Waals surface area contributed by atoms with E-state index in [1.807, 2.05) is 0 Å². The van der Waals surface area contributed by atoms with Crippen LogP contribution in [0.25, 0.3) is 6.08 Å². The van der Waals surface area contributed by atoms with Crippen molar-refractivity contribution in [3.8, 4) is 23.0 Å². The van der Waals surface area contributed by atoms with Gasteiger partial charge in [0.25, 0.3) is 0 Å². The Hall–Kier alpha value is -3.62. The number of allylic oxidation sites excluding steroid dienone is 1. The first kappa shape index (κ1) is 22.7. The van der Waals surface area contributed by atoms with Crippen LogP contribution in [-0.4, -0.2) is 43.8 Å². The molecular formula is C21H20F2O7. The minimum Gasteiger partial charge on any atom is -0.493 e. The highest BCUT2D eigenvalue weighted by atomic mass is 19.3. The van der Waals surface area contributed by atoms with Crippen LogP contribution in [0.5, 0.6) is 23.0 Å². The van der Waals surface area contributed by atoms with Gasteiger partial charge in [0.1, 0.15) is 5.75 Å². The molecule has 0 spiro atoms. The number of halogens is 2. The third-order valence-corrected chi connectivity index (χ3v) is 3.92. The van der Waals surface area contributed by atoms with Gasteiger partial charge in [0.2, 0.25) is 5.75 Å². The summed E-state index contributed by atoms with van der Waals surface area (Å²) in [5.41, 5.74) is 0.812. The second-order valence-corrected chi connectivity index (χ2v) is 5.95. The van der Waals surface area contributed by atoms with Gasteiger partial charge in [-0.2, -0.15) is 8.78 Å². The number of carbonyl (C=O) groups is 2. The first-order chi connectivity index (χ1) is 14.2. The maximum absolute atomic E-state index is 12.6. The molecule has 0 radical (unpaired) electrons. The van der Waals surface area contributed by atoms with Crippen molar-refractivity contribution in [2.24, 2.45) is 0 Å². The Kier molecular flexibility index (Phi) is 7.74. The van der Waals surface area contributed by atoms with Gasteiger partial charge in [-0.25, -0.2) is 4.79 Å². The summed E-state index contributed by atoms with van der Waals surface area (Å²) >= 11 is 0. The number of rotatable bonds is 10. The second-order valence-electron chi connectivity index (χ2n) is 5.95. The first-order valence-corrected chi connectivity index (χ1v) is 8.68. The van der Waals surface area contributed by atoms with Crippen molar-refractivity contribution in [1.82, 2.24) is 0 Å². The Bertz CT molecular complexity index is 898. The van der Waals surface area contributed by atoms with E-state index in [1.54, 1.807) is 0 Å². The molecule has 0 amide bonds. The maximum Gasteiger partial charge on any atom is 0.387 e. The number of alkyl halides is 2. The molecule has 0 heterocycles. The highest BCUT2D eigenvalue weighted by Gasteiger charge is 2.18. The number of carboxylic acids is 1.